The molecule has 15 heavy (non-hydrogen) atoms. The van der Waals surface area contributed by atoms with E-state index >= 15 is 0 Å². The van der Waals surface area contributed by atoms with E-state index in [0.717, 1.165) is 32.0 Å². The number of rotatable bonds is 2. The molecule has 80 valence electrons. The standard InChI is InChI=1S/C13H15FO/c14-13-7-5-12(6-8-13)11-3-1-10(9-15)2-4-11/h5-11H,1-4H2. The van der Waals surface area contributed by atoms with Gasteiger partial charge in [0.25, 0.3) is 0 Å². The van der Waals surface area contributed by atoms with Gasteiger partial charge in [0.2, 0.25) is 0 Å². The van der Waals surface area contributed by atoms with Gasteiger partial charge < -0.3 is 4.79 Å². The Balaban J connectivity index is 2.01. The van der Waals surface area contributed by atoms with E-state index < -0.39 is 0 Å². The van der Waals surface area contributed by atoms with Gasteiger partial charge in [-0.3, -0.25) is 0 Å². The van der Waals surface area contributed by atoms with Crippen LogP contribution in [0, 0.1) is 11.7 Å². The summed E-state index contributed by atoms with van der Waals surface area (Å²) in [6, 6.07) is 6.75. The molecule has 0 saturated heterocycles. The van der Waals surface area contributed by atoms with Crippen molar-refractivity contribution in [2.24, 2.45) is 5.92 Å². The van der Waals surface area contributed by atoms with Gasteiger partial charge in [0.05, 0.1) is 0 Å². The van der Waals surface area contributed by atoms with Gasteiger partial charge in [-0.15, -0.1) is 0 Å². The molecule has 1 aliphatic carbocycles. The highest BCUT2D eigenvalue weighted by atomic mass is 19.1. The lowest BCUT2D eigenvalue weighted by Gasteiger charge is -2.25. The maximum Gasteiger partial charge on any atom is 0.123 e. The quantitative estimate of drug-likeness (QED) is 0.678. The van der Waals surface area contributed by atoms with Crippen molar-refractivity contribution in [3.8, 4) is 0 Å². The van der Waals surface area contributed by atoms with Crippen LogP contribution in [0.3, 0.4) is 0 Å². The van der Waals surface area contributed by atoms with Gasteiger partial charge in [0, 0.05) is 5.92 Å². The molecular weight excluding hydrogens is 191 g/mol. The molecule has 2 heteroatoms. The normalized spacial score (nSPS) is 26.2. The van der Waals surface area contributed by atoms with Gasteiger partial charge in [-0.2, -0.15) is 0 Å². The molecule has 1 saturated carbocycles. The van der Waals surface area contributed by atoms with Crippen molar-refractivity contribution < 1.29 is 9.18 Å². The van der Waals surface area contributed by atoms with Crippen LogP contribution in [0.5, 0.6) is 0 Å². The Morgan fingerprint density at radius 1 is 1.07 bits per heavy atom. The predicted molar refractivity (Wildman–Crippen MR) is 57.2 cm³/mol. The fraction of sp³-hybridized carbons (Fsp3) is 0.462. The van der Waals surface area contributed by atoms with Crippen LogP contribution in [0.15, 0.2) is 24.3 Å². The van der Waals surface area contributed by atoms with E-state index in [9.17, 15) is 9.18 Å². The number of hydrogen-bond acceptors (Lipinski definition) is 1. The van der Waals surface area contributed by atoms with Crippen molar-refractivity contribution in [2.75, 3.05) is 0 Å². The fourth-order valence-corrected chi connectivity index (χ4v) is 2.32. The van der Waals surface area contributed by atoms with E-state index in [0.29, 0.717) is 5.92 Å². The summed E-state index contributed by atoms with van der Waals surface area (Å²) in [5, 5.41) is 0. The van der Waals surface area contributed by atoms with Crippen LogP contribution in [0.4, 0.5) is 4.39 Å². The summed E-state index contributed by atoms with van der Waals surface area (Å²) in [5.41, 5.74) is 1.21. The van der Waals surface area contributed by atoms with Gasteiger partial charge in [-0.1, -0.05) is 12.1 Å². The van der Waals surface area contributed by atoms with Crippen molar-refractivity contribution in [1.82, 2.24) is 0 Å². The van der Waals surface area contributed by atoms with Gasteiger partial charge in [-0.25, -0.2) is 4.39 Å². The summed E-state index contributed by atoms with van der Waals surface area (Å²) >= 11 is 0. The second-order valence-corrected chi connectivity index (χ2v) is 4.30. The highest BCUT2D eigenvalue weighted by molar-refractivity contribution is 5.53. The molecule has 1 aromatic rings. The third-order valence-electron chi connectivity index (χ3n) is 3.31. The summed E-state index contributed by atoms with van der Waals surface area (Å²) in [6.45, 7) is 0. The molecule has 1 nitrogen and oxygen atoms in total. The van der Waals surface area contributed by atoms with Crippen LogP contribution in [-0.2, 0) is 4.79 Å². The third kappa shape index (κ3) is 2.44. The number of carbonyl (C=O) groups excluding carboxylic acids is 1. The minimum absolute atomic E-state index is 0.180. The van der Waals surface area contributed by atoms with Crippen molar-refractivity contribution in [2.45, 2.75) is 31.6 Å². The first kappa shape index (κ1) is 10.3. The van der Waals surface area contributed by atoms with E-state index in [-0.39, 0.29) is 11.7 Å². The van der Waals surface area contributed by atoms with Crippen molar-refractivity contribution in [3.63, 3.8) is 0 Å². The Bertz CT molecular complexity index is 323. The summed E-state index contributed by atoms with van der Waals surface area (Å²) in [7, 11) is 0. The lowest BCUT2D eigenvalue weighted by atomic mass is 9.79. The van der Waals surface area contributed by atoms with E-state index in [1.54, 1.807) is 0 Å². The number of carbonyl (C=O) groups is 1. The molecule has 0 heterocycles. The topological polar surface area (TPSA) is 17.1 Å². The molecule has 0 radical (unpaired) electrons. The molecule has 0 amide bonds. The van der Waals surface area contributed by atoms with E-state index in [4.69, 9.17) is 0 Å². The molecule has 0 atom stereocenters. The Kier molecular flexibility index (Phi) is 3.14. The third-order valence-corrected chi connectivity index (χ3v) is 3.31. The van der Waals surface area contributed by atoms with Crippen LogP contribution in [-0.4, -0.2) is 6.29 Å². The Hall–Kier alpha value is -1.18. The molecule has 1 aromatic carbocycles. The molecule has 0 aliphatic heterocycles. The number of halogens is 1. The Morgan fingerprint density at radius 2 is 1.67 bits per heavy atom. The first-order chi connectivity index (χ1) is 7.29. The Labute approximate surface area is 89.3 Å². The number of benzene rings is 1. The molecule has 0 spiro atoms. The van der Waals surface area contributed by atoms with Crippen LogP contribution < -0.4 is 0 Å². The van der Waals surface area contributed by atoms with Crippen LogP contribution in [0.25, 0.3) is 0 Å². The largest absolute Gasteiger partial charge is 0.303 e. The molecule has 1 aliphatic rings. The highest BCUT2D eigenvalue weighted by Crippen LogP contribution is 2.34. The first-order valence-corrected chi connectivity index (χ1v) is 5.50. The first-order valence-electron chi connectivity index (χ1n) is 5.50. The average molecular weight is 206 g/mol. The van der Waals surface area contributed by atoms with Gasteiger partial charge in [0.1, 0.15) is 12.1 Å². The number of aldehydes is 1. The van der Waals surface area contributed by atoms with Crippen LogP contribution >= 0.6 is 0 Å². The molecular formula is C13H15FO. The van der Waals surface area contributed by atoms with Crippen molar-refractivity contribution in [3.05, 3.63) is 35.6 Å². The smallest absolute Gasteiger partial charge is 0.123 e. The van der Waals surface area contributed by atoms with E-state index in [2.05, 4.69) is 0 Å². The zero-order chi connectivity index (χ0) is 10.7. The zero-order valence-electron chi connectivity index (χ0n) is 8.66. The molecule has 2 rings (SSSR count). The molecule has 0 N–H and O–H groups in total. The fourth-order valence-electron chi connectivity index (χ4n) is 2.32. The second kappa shape index (κ2) is 4.56. The van der Waals surface area contributed by atoms with Gasteiger partial charge in [-0.05, 0) is 49.3 Å². The zero-order valence-corrected chi connectivity index (χ0v) is 8.66. The van der Waals surface area contributed by atoms with Crippen LogP contribution in [0.2, 0.25) is 0 Å². The number of hydrogen-bond donors (Lipinski definition) is 0. The van der Waals surface area contributed by atoms with Gasteiger partial charge in [0.15, 0.2) is 0 Å². The van der Waals surface area contributed by atoms with Crippen LogP contribution in [0.1, 0.15) is 37.2 Å². The van der Waals surface area contributed by atoms with Crippen molar-refractivity contribution in [1.29, 1.82) is 0 Å². The maximum atomic E-state index is 12.7. The average Bonchev–Trinajstić information content (AvgIpc) is 2.30. The summed E-state index contributed by atoms with van der Waals surface area (Å²) in [6.07, 6.45) is 5.13. The minimum atomic E-state index is -0.180. The maximum absolute atomic E-state index is 12.7. The summed E-state index contributed by atoms with van der Waals surface area (Å²) in [5.74, 6) is 0.587. The second-order valence-electron chi connectivity index (χ2n) is 4.30. The molecule has 0 unspecified atom stereocenters. The SMILES string of the molecule is O=CC1CCC(c2ccc(F)cc2)CC1. The highest BCUT2D eigenvalue weighted by Gasteiger charge is 2.21. The van der Waals surface area contributed by atoms with E-state index in [1.165, 1.54) is 17.7 Å². The lowest BCUT2D eigenvalue weighted by molar-refractivity contribution is -0.111. The molecule has 0 aromatic heterocycles. The Morgan fingerprint density at radius 3 is 2.20 bits per heavy atom. The summed E-state index contributed by atoms with van der Waals surface area (Å²) < 4.78 is 12.7. The van der Waals surface area contributed by atoms with Gasteiger partial charge >= 0.3 is 0 Å². The molecule has 1 fully saturated rings. The monoisotopic (exact) mass is 206 g/mol. The van der Waals surface area contributed by atoms with E-state index in [1.807, 2.05) is 12.1 Å². The molecule has 0 bridgehead atoms. The lowest BCUT2D eigenvalue weighted by Crippen LogP contribution is -2.14. The minimum Gasteiger partial charge on any atom is -0.303 e. The predicted octanol–water partition coefficient (Wildman–Crippen LogP) is 3.30. The van der Waals surface area contributed by atoms with Crippen molar-refractivity contribution >= 4 is 6.29 Å². The summed E-state index contributed by atoms with van der Waals surface area (Å²) in [4.78, 5) is 10.6.